The van der Waals surface area contributed by atoms with Crippen LogP contribution in [-0.2, 0) is 10.0 Å². The lowest BCUT2D eigenvalue weighted by Gasteiger charge is -2.13. The Morgan fingerprint density at radius 3 is 2.72 bits per heavy atom. The summed E-state index contributed by atoms with van der Waals surface area (Å²) in [6.07, 6.45) is 2.99. The van der Waals surface area contributed by atoms with Gasteiger partial charge in [-0.3, -0.25) is 9.52 Å². The zero-order valence-corrected chi connectivity index (χ0v) is 17.8. The summed E-state index contributed by atoms with van der Waals surface area (Å²) in [5.74, 6) is -3.94. The van der Waals surface area contributed by atoms with Gasteiger partial charge in [0.15, 0.2) is 5.82 Å². The first kappa shape index (κ1) is 21.2. The van der Waals surface area contributed by atoms with Crippen LogP contribution in [0.25, 0.3) is 11.0 Å². The first-order valence-electron chi connectivity index (χ1n) is 8.50. The molecule has 154 valence electrons. The number of benzene rings is 1. The van der Waals surface area contributed by atoms with Crippen LogP contribution < -0.4 is 10.0 Å². The number of carbonyl (C=O) groups is 1. The molecule has 0 aliphatic rings. The molecule has 0 unspecified atom stereocenters. The molecule has 11 heteroatoms. The molecule has 3 aromatic rings. The zero-order valence-electron chi connectivity index (χ0n) is 15.4. The Balaban J connectivity index is 1.90. The summed E-state index contributed by atoms with van der Waals surface area (Å²) in [4.78, 5) is 19.5. The van der Waals surface area contributed by atoms with Gasteiger partial charge in [0.25, 0.3) is 5.91 Å². The van der Waals surface area contributed by atoms with Crippen LogP contribution >= 0.6 is 15.9 Å². The molecule has 0 aliphatic carbocycles. The number of halogens is 3. The number of anilines is 2. The third-order valence-corrected chi connectivity index (χ3v) is 6.17. The van der Waals surface area contributed by atoms with Crippen LogP contribution in [0, 0.1) is 17.6 Å². The first-order chi connectivity index (χ1) is 13.6. The smallest absolute Gasteiger partial charge is 0.261 e. The van der Waals surface area contributed by atoms with Crippen molar-refractivity contribution in [3.8, 4) is 0 Å². The Kier molecular flexibility index (Phi) is 5.90. The van der Waals surface area contributed by atoms with E-state index in [4.69, 9.17) is 0 Å². The first-order valence-corrected chi connectivity index (χ1v) is 10.9. The second-order valence-electron chi connectivity index (χ2n) is 6.77. The number of carbonyl (C=O) groups excluding carboxylic acids is 1. The second kappa shape index (κ2) is 8.07. The van der Waals surface area contributed by atoms with Gasteiger partial charge in [-0.1, -0.05) is 13.8 Å². The highest BCUT2D eigenvalue weighted by molar-refractivity contribution is 9.10. The largest absolute Gasteiger partial charge is 0.345 e. The molecule has 1 amide bonds. The summed E-state index contributed by atoms with van der Waals surface area (Å²) in [6.45, 7) is 3.37. The fourth-order valence-electron chi connectivity index (χ4n) is 2.72. The number of nitrogens with zero attached hydrogens (tertiary/aromatic N) is 1. The molecular weight excluding hydrogens is 470 g/mol. The summed E-state index contributed by atoms with van der Waals surface area (Å²) < 4.78 is 55.8. The van der Waals surface area contributed by atoms with Crippen molar-refractivity contribution in [1.82, 2.24) is 9.97 Å². The van der Waals surface area contributed by atoms with Crippen LogP contribution in [0.3, 0.4) is 0 Å². The molecule has 0 aliphatic heterocycles. The normalized spacial score (nSPS) is 11.8. The molecule has 29 heavy (non-hydrogen) atoms. The summed E-state index contributed by atoms with van der Waals surface area (Å²) in [7, 11) is -3.86. The van der Waals surface area contributed by atoms with E-state index in [9.17, 15) is 22.0 Å². The molecule has 0 radical (unpaired) electrons. The zero-order chi connectivity index (χ0) is 21.3. The van der Waals surface area contributed by atoms with Gasteiger partial charge in [-0.2, -0.15) is 0 Å². The van der Waals surface area contributed by atoms with Gasteiger partial charge in [0.2, 0.25) is 10.0 Å². The number of pyridine rings is 1. The fourth-order valence-corrected chi connectivity index (χ4v) is 4.59. The number of hydrogen-bond donors (Lipinski definition) is 3. The van der Waals surface area contributed by atoms with Gasteiger partial charge in [0.1, 0.15) is 17.0 Å². The average Bonchev–Trinajstić information content (AvgIpc) is 2.97. The standard InChI is InChI=1S/C18H17BrF2N4O3S/c1-9(2)8-29(27,28)25-14-4-3-13(20)15(16(14)21)18(26)24-10-5-11-12(19)7-23-17(11)22-6-10/h3-7,9,25H,8H2,1-2H3,(H,22,23)(H,24,26). The van der Waals surface area contributed by atoms with E-state index in [1.807, 2.05) is 0 Å². The minimum absolute atomic E-state index is 0.200. The molecule has 1 aromatic carbocycles. The number of amides is 1. The van der Waals surface area contributed by atoms with E-state index in [0.717, 1.165) is 12.1 Å². The van der Waals surface area contributed by atoms with Crippen molar-refractivity contribution in [3.05, 3.63) is 52.3 Å². The highest BCUT2D eigenvalue weighted by atomic mass is 79.9. The van der Waals surface area contributed by atoms with E-state index in [1.165, 1.54) is 6.20 Å². The predicted molar refractivity (Wildman–Crippen MR) is 110 cm³/mol. The molecule has 0 bridgehead atoms. The molecule has 0 spiro atoms. The lowest BCUT2D eigenvalue weighted by molar-refractivity contribution is 0.101. The van der Waals surface area contributed by atoms with Crippen LogP contribution in [0.1, 0.15) is 24.2 Å². The van der Waals surface area contributed by atoms with Crippen LogP contribution in [0.2, 0.25) is 0 Å². The highest BCUT2D eigenvalue weighted by Crippen LogP contribution is 2.26. The Hall–Kier alpha value is -2.53. The number of nitrogens with one attached hydrogen (secondary N) is 3. The maximum atomic E-state index is 14.8. The van der Waals surface area contributed by atoms with Crippen LogP contribution in [0.5, 0.6) is 0 Å². The molecule has 0 atom stereocenters. The topological polar surface area (TPSA) is 104 Å². The number of hydrogen-bond acceptors (Lipinski definition) is 4. The van der Waals surface area contributed by atoms with Crippen molar-refractivity contribution in [2.75, 3.05) is 15.8 Å². The van der Waals surface area contributed by atoms with Crippen molar-refractivity contribution in [1.29, 1.82) is 0 Å². The fraction of sp³-hybridized carbons (Fsp3) is 0.222. The number of rotatable bonds is 6. The van der Waals surface area contributed by atoms with E-state index in [0.29, 0.717) is 15.5 Å². The van der Waals surface area contributed by atoms with Crippen molar-refractivity contribution < 1.29 is 22.0 Å². The van der Waals surface area contributed by atoms with Crippen LogP contribution in [0.15, 0.2) is 35.1 Å². The van der Waals surface area contributed by atoms with Gasteiger partial charge in [-0.05, 0) is 40.0 Å². The van der Waals surface area contributed by atoms with E-state index in [-0.39, 0.29) is 17.4 Å². The molecule has 3 rings (SSSR count). The van der Waals surface area contributed by atoms with Crippen molar-refractivity contribution in [2.45, 2.75) is 13.8 Å². The van der Waals surface area contributed by atoms with E-state index < -0.39 is 38.8 Å². The lowest BCUT2D eigenvalue weighted by Crippen LogP contribution is -2.22. The second-order valence-corrected chi connectivity index (χ2v) is 9.39. The molecule has 0 saturated carbocycles. The van der Waals surface area contributed by atoms with E-state index in [1.54, 1.807) is 26.1 Å². The summed E-state index contributed by atoms with van der Waals surface area (Å²) in [5.41, 5.74) is -0.622. The highest BCUT2D eigenvalue weighted by Gasteiger charge is 2.23. The van der Waals surface area contributed by atoms with E-state index >= 15 is 0 Å². The molecule has 0 fully saturated rings. The third kappa shape index (κ3) is 4.73. The van der Waals surface area contributed by atoms with Gasteiger partial charge in [-0.25, -0.2) is 22.2 Å². The lowest BCUT2D eigenvalue weighted by atomic mass is 10.1. The Morgan fingerprint density at radius 2 is 2.03 bits per heavy atom. The third-order valence-electron chi connectivity index (χ3n) is 3.87. The minimum atomic E-state index is -3.86. The summed E-state index contributed by atoms with van der Waals surface area (Å²) in [6, 6.07) is 3.34. The minimum Gasteiger partial charge on any atom is -0.345 e. The van der Waals surface area contributed by atoms with Crippen molar-refractivity contribution in [2.24, 2.45) is 5.92 Å². The Bertz CT molecular complexity index is 1200. The Labute approximate surface area is 174 Å². The monoisotopic (exact) mass is 486 g/mol. The molecule has 0 saturated heterocycles. The predicted octanol–water partition coefficient (Wildman–Crippen LogP) is 4.25. The number of fused-ring (bicyclic) bond motifs is 1. The number of aromatic nitrogens is 2. The molecule has 2 heterocycles. The van der Waals surface area contributed by atoms with Gasteiger partial charge in [0.05, 0.1) is 23.3 Å². The molecule has 2 aromatic heterocycles. The summed E-state index contributed by atoms with van der Waals surface area (Å²) >= 11 is 3.32. The Morgan fingerprint density at radius 1 is 1.31 bits per heavy atom. The van der Waals surface area contributed by atoms with E-state index in [2.05, 4.69) is 35.9 Å². The maximum absolute atomic E-state index is 14.8. The SMILES string of the molecule is CC(C)CS(=O)(=O)Nc1ccc(F)c(C(=O)Nc2cnc3[nH]cc(Br)c3c2)c1F. The molecule has 3 N–H and O–H groups in total. The van der Waals surface area contributed by atoms with Crippen LogP contribution in [0.4, 0.5) is 20.2 Å². The number of sulfonamides is 1. The number of aromatic amines is 1. The van der Waals surface area contributed by atoms with Gasteiger partial charge in [-0.15, -0.1) is 0 Å². The molecule has 7 nitrogen and oxygen atoms in total. The number of H-pyrrole nitrogens is 1. The maximum Gasteiger partial charge on any atom is 0.261 e. The summed E-state index contributed by atoms with van der Waals surface area (Å²) in [5, 5.41) is 3.04. The van der Waals surface area contributed by atoms with Crippen molar-refractivity contribution in [3.63, 3.8) is 0 Å². The van der Waals surface area contributed by atoms with Gasteiger partial charge >= 0.3 is 0 Å². The molecular formula is C18H17BrF2N4O3S. The van der Waals surface area contributed by atoms with Gasteiger partial charge < -0.3 is 10.3 Å². The van der Waals surface area contributed by atoms with Crippen molar-refractivity contribution >= 4 is 54.3 Å². The quantitative estimate of drug-likeness (QED) is 0.484. The van der Waals surface area contributed by atoms with Gasteiger partial charge in [0, 0.05) is 16.1 Å². The average molecular weight is 487 g/mol. The van der Waals surface area contributed by atoms with Crippen LogP contribution in [-0.4, -0.2) is 30.0 Å².